The second-order valence-electron chi connectivity index (χ2n) is 3.53. The van der Waals surface area contributed by atoms with Crippen molar-refractivity contribution in [3.8, 4) is 11.5 Å². The Bertz CT molecular complexity index is 497. The number of ether oxygens (including phenoxy) is 2. The molecule has 0 spiro atoms. The van der Waals surface area contributed by atoms with Crippen LogP contribution in [0.2, 0.25) is 0 Å². The zero-order valence-electron chi connectivity index (χ0n) is 9.52. The van der Waals surface area contributed by atoms with Gasteiger partial charge in [-0.15, -0.1) is 0 Å². The molecule has 0 radical (unpaired) electrons. The lowest BCUT2D eigenvalue weighted by atomic mass is 10.2. The van der Waals surface area contributed by atoms with E-state index in [4.69, 9.17) is 9.47 Å². The summed E-state index contributed by atoms with van der Waals surface area (Å²) in [5, 5.41) is 0. The Morgan fingerprint density at radius 3 is 2.29 bits per heavy atom. The van der Waals surface area contributed by atoms with Crippen LogP contribution < -0.4 is 9.47 Å². The molecular weight excluding hydrogens is 280 g/mol. The monoisotopic (exact) mass is 292 g/mol. The van der Waals surface area contributed by atoms with Gasteiger partial charge in [0.05, 0.1) is 7.11 Å². The standard InChI is InChI=1S/C14H13BrO2/c1-16-13-8-4-5-9-14(13)17-10-11-6-2-3-7-12(11)15/h2-9H,10H2,1H3. The number of hydrogen-bond acceptors (Lipinski definition) is 2. The van der Waals surface area contributed by atoms with Gasteiger partial charge in [-0.05, 0) is 18.2 Å². The van der Waals surface area contributed by atoms with Gasteiger partial charge in [-0.2, -0.15) is 0 Å². The van der Waals surface area contributed by atoms with Gasteiger partial charge in [0.25, 0.3) is 0 Å². The van der Waals surface area contributed by atoms with Crippen molar-refractivity contribution in [1.82, 2.24) is 0 Å². The molecule has 0 N–H and O–H groups in total. The smallest absolute Gasteiger partial charge is 0.161 e. The second-order valence-corrected chi connectivity index (χ2v) is 4.39. The van der Waals surface area contributed by atoms with Gasteiger partial charge >= 0.3 is 0 Å². The van der Waals surface area contributed by atoms with Crippen LogP contribution in [0.4, 0.5) is 0 Å². The van der Waals surface area contributed by atoms with Crippen molar-refractivity contribution in [1.29, 1.82) is 0 Å². The van der Waals surface area contributed by atoms with E-state index in [0.29, 0.717) is 6.61 Å². The summed E-state index contributed by atoms with van der Waals surface area (Å²) in [4.78, 5) is 0. The summed E-state index contributed by atoms with van der Waals surface area (Å²) in [5.41, 5.74) is 1.11. The number of rotatable bonds is 4. The lowest BCUT2D eigenvalue weighted by Crippen LogP contribution is -1.98. The maximum Gasteiger partial charge on any atom is 0.161 e. The first-order chi connectivity index (χ1) is 8.31. The first-order valence-corrected chi connectivity index (χ1v) is 6.10. The summed E-state index contributed by atoms with van der Waals surface area (Å²) in [5.74, 6) is 1.50. The van der Waals surface area contributed by atoms with E-state index in [-0.39, 0.29) is 0 Å². The molecule has 0 heterocycles. The maximum atomic E-state index is 5.74. The minimum Gasteiger partial charge on any atom is -0.493 e. The zero-order chi connectivity index (χ0) is 12.1. The molecule has 0 amide bonds. The number of para-hydroxylation sites is 2. The fraction of sp³-hybridized carbons (Fsp3) is 0.143. The molecular formula is C14H13BrO2. The van der Waals surface area contributed by atoms with Gasteiger partial charge in [-0.25, -0.2) is 0 Å². The van der Waals surface area contributed by atoms with E-state index in [2.05, 4.69) is 15.9 Å². The van der Waals surface area contributed by atoms with Gasteiger partial charge in [-0.3, -0.25) is 0 Å². The molecule has 3 heteroatoms. The molecule has 2 aromatic carbocycles. The Morgan fingerprint density at radius 2 is 1.59 bits per heavy atom. The van der Waals surface area contributed by atoms with E-state index in [1.54, 1.807) is 7.11 Å². The minimum atomic E-state index is 0.516. The van der Waals surface area contributed by atoms with Crippen molar-refractivity contribution in [2.45, 2.75) is 6.61 Å². The van der Waals surface area contributed by atoms with Gasteiger partial charge in [-0.1, -0.05) is 46.3 Å². The molecule has 17 heavy (non-hydrogen) atoms. The van der Waals surface area contributed by atoms with Crippen molar-refractivity contribution in [2.75, 3.05) is 7.11 Å². The summed E-state index contributed by atoms with van der Waals surface area (Å²) in [6.45, 7) is 0.516. The summed E-state index contributed by atoms with van der Waals surface area (Å²) in [6, 6.07) is 15.6. The number of hydrogen-bond donors (Lipinski definition) is 0. The van der Waals surface area contributed by atoms with Crippen LogP contribution in [-0.2, 0) is 6.61 Å². The molecule has 88 valence electrons. The third-order valence-corrected chi connectivity index (χ3v) is 3.18. The van der Waals surface area contributed by atoms with Crippen LogP contribution in [0.3, 0.4) is 0 Å². The van der Waals surface area contributed by atoms with Gasteiger partial charge in [0, 0.05) is 10.0 Å². The lowest BCUT2D eigenvalue weighted by molar-refractivity contribution is 0.284. The van der Waals surface area contributed by atoms with Gasteiger partial charge in [0.15, 0.2) is 11.5 Å². The molecule has 0 fully saturated rings. The highest BCUT2D eigenvalue weighted by Crippen LogP contribution is 2.27. The van der Waals surface area contributed by atoms with E-state index in [9.17, 15) is 0 Å². The second kappa shape index (κ2) is 5.73. The minimum absolute atomic E-state index is 0.516. The number of methoxy groups -OCH3 is 1. The highest BCUT2D eigenvalue weighted by Gasteiger charge is 2.04. The fourth-order valence-corrected chi connectivity index (χ4v) is 1.91. The van der Waals surface area contributed by atoms with E-state index in [1.807, 2.05) is 48.5 Å². The van der Waals surface area contributed by atoms with Crippen molar-refractivity contribution in [3.05, 3.63) is 58.6 Å². The predicted molar refractivity (Wildman–Crippen MR) is 71.5 cm³/mol. The van der Waals surface area contributed by atoms with Crippen LogP contribution >= 0.6 is 15.9 Å². The molecule has 2 rings (SSSR count). The Morgan fingerprint density at radius 1 is 0.941 bits per heavy atom. The van der Waals surface area contributed by atoms with Gasteiger partial charge in [0.1, 0.15) is 6.61 Å². The predicted octanol–water partition coefficient (Wildman–Crippen LogP) is 4.04. The third kappa shape index (κ3) is 3.01. The van der Waals surface area contributed by atoms with Crippen LogP contribution in [0, 0.1) is 0 Å². The largest absolute Gasteiger partial charge is 0.493 e. The summed E-state index contributed by atoms with van der Waals surface area (Å²) in [6.07, 6.45) is 0. The Labute approximate surface area is 109 Å². The van der Waals surface area contributed by atoms with Gasteiger partial charge in [0.2, 0.25) is 0 Å². The number of halogens is 1. The van der Waals surface area contributed by atoms with Crippen molar-refractivity contribution < 1.29 is 9.47 Å². The van der Waals surface area contributed by atoms with Crippen LogP contribution in [0.5, 0.6) is 11.5 Å². The van der Waals surface area contributed by atoms with Crippen LogP contribution in [0.25, 0.3) is 0 Å². The maximum absolute atomic E-state index is 5.74. The Kier molecular flexibility index (Phi) is 4.04. The normalized spacial score (nSPS) is 10.0. The number of benzene rings is 2. The van der Waals surface area contributed by atoms with Crippen LogP contribution in [0.15, 0.2) is 53.0 Å². The first kappa shape index (κ1) is 12.0. The average molecular weight is 293 g/mol. The quantitative estimate of drug-likeness (QED) is 0.847. The van der Waals surface area contributed by atoms with Crippen LogP contribution in [-0.4, -0.2) is 7.11 Å². The summed E-state index contributed by atoms with van der Waals surface area (Å²) >= 11 is 3.49. The lowest BCUT2D eigenvalue weighted by Gasteiger charge is -2.11. The third-order valence-electron chi connectivity index (χ3n) is 2.41. The summed E-state index contributed by atoms with van der Waals surface area (Å²) in [7, 11) is 1.64. The molecule has 0 aliphatic carbocycles. The van der Waals surface area contributed by atoms with E-state index < -0.39 is 0 Å². The SMILES string of the molecule is COc1ccccc1OCc1ccccc1Br. The van der Waals surface area contributed by atoms with E-state index >= 15 is 0 Å². The highest BCUT2D eigenvalue weighted by molar-refractivity contribution is 9.10. The molecule has 0 aliphatic heterocycles. The molecule has 0 saturated carbocycles. The zero-order valence-corrected chi connectivity index (χ0v) is 11.1. The molecule has 0 aromatic heterocycles. The first-order valence-electron chi connectivity index (χ1n) is 5.30. The Hall–Kier alpha value is -1.48. The molecule has 0 saturated heterocycles. The van der Waals surface area contributed by atoms with Crippen molar-refractivity contribution in [2.24, 2.45) is 0 Å². The topological polar surface area (TPSA) is 18.5 Å². The molecule has 2 nitrogen and oxygen atoms in total. The van der Waals surface area contributed by atoms with Gasteiger partial charge < -0.3 is 9.47 Å². The Balaban J connectivity index is 2.10. The fourth-order valence-electron chi connectivity index (χ4n) is 1.51. The molecule has 2 aromatic rings. The van der Waals surface area contributed by atoms with E-state index in [0.717, 1.165) is 21.5 Å². The van der Waals surface area contributed by atoms with Crippen LogP contribution in [0.1, 0.15) is 5.56 Å². The molecule has 0 atom stereocenters. The summed E-state index contributed by atoms with van der Waals surface area (Å²) < 4.78 is 12.0. The molecule has 0 unspecified atom stereocenters. The highest BCUT2D eigenvalue weighted by atomic mass is 79.9. The molecule has 0 bridgehead atoms. The molecule has 0 aliphatic rings. The van der Waals surface area contributed by atoms with Crippen molar-refractivity contribution in [3.63, 3.8) is 0 Å². The van der Waals surface area contributed by atoms with Crippen molar-refractivity contribution >= 4 is 15.9 Å². The van der Waals surface area contributed by atoms with E-state index in [1.165, 1.54) is 0 Å². The average Bonchev–Trinajstić information content (AvgIpc) is 2.38.